The van der Waals surface area contributed by atoms with Crippen molar-refractivity contribution < 1.29 is 4.79 Å². The number of piperazine rings is 1. The summed E-state index contributed by atoms with van der Waals surface area (Å²) in [5.41, 5.74) is 6.76. The molecule has 0 bridgehead atoms. The summed E-state index contributed by atoms with van der Waals surface area (Å²) >= 11 is 0. The molecule has 0 atom stereocenters. The highest BCUT2D eigenvalue weighted by Gasteiger charge is 2.25. The summed E-state index contributed by atoms with van der Waals surface area (Å²) in [4.78, 5) is 21.7. The zero-order valence-electron chi connectivity index (χ0n) is 17.4. The molecule has 5 nitrogen and oxygen atoms in total. The Morgan fingerprint density at radius 2 is 1.69 bits per heavy atom. The molecule has 1 aliphatic rings. The predicted octanol–water partition coefficient (Wildman–Crippen LogP) is 4.15. The van der Waals surface area contributed by atoms with E-state index in [1.54, 1.807) is 12.4 Å². The maximum atomic E-state index is 13.3. The van der Waals surface area contributed by atoms with E-state index in [2.05, 4.69) is 59.6 Å². The number of carbonyl (C=O) groups is 1. The van der Waals surface area contributed by atoms with E-state index in [4.69, 9.17) is 0 Å². The van der Waals surface area contributed by atoms with Crippen LogP contribution < -0.4 is 4.90 Å². The molecule has 1 saturated heterocycles. The van der Waals surface area contributed by atoms with Crippen LogP contribution in [0.1, 0.15) is 28.5 Å². The molecule has 1 amide bonds. The summed E-state index contributed by atoms with van der Waals surface area (Å²) in [5, 5.41) is 0. The largest absolute Gasteiger partial charge is 0.368 e. The molecule has 0 aliphatic carbocycles. The number of carbonyl (C=O) groups excluding carboxylic acids is 1. The first-order chi connectivity index (χ1) is 14.1. The lowest BCUT2D eigenvalue weighted by Gasteiger charge is -2.37. The fraction of sp³-hybridized carbons (Fsp3) is 0.333. The van der Waals surface area contributed by atoms with Crippen LogP contribution in [-0.2, 0) is 6.54 Å². The van der Waals surface area contributed by atoms with E-state index in [1.165, 1.54) is 16.8 Å². The molecular formula is C24H28N4O. The van der Waals surface area contributed by atoms with Crippen molar-refractivity contribution in [2.45, 2.75) is 27.3 Å². The highest BCUT2D eigenvalue weighted by atomic mass is 16.2. The van der Waals surface area contributed by atoms with Crippen molar-refractivity contribution in [3.8, 4) is 11.1 Å². The normalized spacial score (nSPS) is 14.3. The molecular weight excluding hydrogens is 360 g/mol. The molecule has 1 fully saturated rings. The van der Waals surface area contributed by atoms with E-state index in [9.17, 15) is 4.79 Å². The minimum absolute atomic E-state index is 0.118. The number of hydrogen-bond acceptors (Lipinski definition) is 3. The van der Waals surface area contributed by atoms with Crippen LogP contribution in [0, 0.1) is 13.8 Å². The van der Waals surface area contributed by atoms with Gasteiger partial charge in [0.25, 0.3) is 5.91 Å². The van der Waals surface area contributed by atoms with E-state index in [0.29, 0.717) is 0 Å². The molecule has 3 aromatic rings. The van der Waals surface area contributed by atoms with Crippen LogP contribution in [-0.4, -0.2) is 46.5 Å². The summed E-state index contributed by atoms with van der Waals surface area (Å²) in [5.74, 6) is 0.118. The molecule has 2 aromatic heterocycles. The van der Waals surface area contributed by atoms with Crippen LogP contribution in [0.25, 0.3) is 11.1 Å². The SMILES string of the molecule is CCn1cc(-c2ccncc2)cc1C(=O)N1CCN(c2cc(C)ccc2C)CC1. The van der Waals surface area contributed by atoms with Crippen molar-refractivity contribution >= 4 is 11.6 Å². The minimum Gasteiger partial charge on any atom is -0.368 e. The molecule has 4 rings (SSSR count). The van der Waals surface area contributed by atoms with Gasteiger partial charge in [-0.25, -0.2) is 0 Å². The number of aromatic nitrogens is 2. The van der Waals surface area contributed by atoms with Gasteiger partial charge in [0.2, 0.25) is 0 Å². The number of rotatable bonds is 4. The Kier molecular flexibility index (Phi) is 5.38. The number of hydrogen-bond donors (Lipinski definition) is 0. The van der Waals surface area contributed by atoms with Gasteiger partial charge in [-0.3, -0.25) is 9.78 Å². The van der Waals surface area contributed by atoms with Crippen molar-refractivity contribution in [1.82, 2.24) is 14.5 Å². The molecule has 29 heavy (non-hydrogen) atoms. The lowest BCUT2D eigenvalue weighted by molar-refractivity contribution is 0.0736. The second kappa shape index (κ2) is 8.11. The van der Waals surface area contributed by atoms with Crippen molar-refractivity contribution in [2.24, 2.45) is 0 Å². The zero-order valence-corrected chi connectivity index (χ0v) is 17.4. The number of nitrogens with zero attached hydrogens (tertiary/aromatic N) is 4. The van der Waals surface area contributed by atoms with Gasteiger partial charge in [0, 0.05) is 62.6 Å². The third-order valence-corrected chi connectivity index (χ3v) is 5.74. The second-order valence-corrected chi connectivity index (χ2v) is 7.71. The number of benzene rings is 1. The third-order valence-electron chi connectivity index (χ3n) is 5.74. The quantitative estimate of drug-likeness (QED) is 0.674. The van der Waals surface area contributed by atoms with Gasteiger partial charge in [0.05, 0.1) is 0 Å². The molecule has 5 heteroatoms. The Morgan fingerprint density at radius 3 is 2.38 bits per heavy atom. The summed E-state index contributed by atoms with van der Waals surface area (Å²) in [6, 6.07) is 12.5. The van der Waals surface area contributed by atoms with E-state index in [-0.39, 0.29) is 5.91 Å². The van der Waals surface area contributed by atoms with Gasteiger partial charge in [-0.05, 0) is 61.7 Å². The van der Waals surface area contributed by atoms with Gasteiger partial charge in [-0.2, -0.15) is 0 Å². The van der Waals surface area contributed by atoms with Crippen LogP contribution in [0.2, 0.25) is 0 Å². The van der Waals surface area contributed by atoms with E-state index >= 15 is 0 Å². The Hall–Kier alpha value is -3.08. The Bertz CT molecular complexity index is 1000. The average Bonchev–Trinajstić information content (AvgIpc) is 3.20. The van der Waals surface area contributed by atoms with Gasteiger partial charge in [0.15, 0.2) is 0 Å². The number of anilines is 1. The van der Waals surface area contributed by atoms with Crippen molar-refractivity contribution in [3.63, 3.8) is 0 Å². The summed E-state index contributed by atoms with van der Waals surface area (Å²) in [6.45, 7) is 10.3. The molecule has 0 unspecified atom stereocenters. The van der Waals surface area contributed by atoms with Crippen LogP contribution in [0.15, 0.2) is 55.0 Å². The third kappa shape index (κ3) is 3.90. The lowest BCUT2D eigenvalue weighted by atomic mass is 10.1. The number of aryl methyl sites for hydroxylation is 3. The van der Waals surface area contributed by atoms with Gasteiger partial charge < -0.3 is 14.4 Å². The maximum Gasteiger partial charge on any atom is 0.270 e. The van der Waals surface area contributed by atoms with Crippen LogP contribution >= 0.6 is 0 Å². The number of amides is 1. The smallest absolute Gasteiger partial charge is 0.270 e. The molecule has 1 aliphatic heterocycles. The average molecular weight is 389 g/mol. The molecule has 0 radical (unpaired) electrons. The summed E-state index contributed by atoms with van der Waals surface area (Å²) < 4.78 is 2.05. The van der Waals surface area contributed by atoms with Gasteiger partial charge in [0.1, 0.15) is 5.69 Å². The molecule has 1 aromatic carbocycles. The van der Waals surface area contributed by atoms with Crippen LogP contribution in [0.3, 0.4) is 0 Å². The summed E-state index contributed by atoms with van der Waals surface area (Å²) in [7, 11) is 0. The first-order valence-corrected chi connectivity index (χ1v) is 10.3. The number of pyridine rings is 1. The predicted molar refractivity (Wildman–Crippen MR) is 117 cm³/mol. The fourth-order valence-corrected chi connectivity index (χ4v) is 4.03. The Balaban J connectivity index is 1.50. The van der Waals surface area contributed by atoms with E-state index < -0.39 is 0 Å². The monoisotopic (exact) mass is 388 g/mol. The van der Waals surface area contributed by atoms with E-state index in [0.717, 1.165) is 49.5 Å². The highest BCUT2D eigenvalue weighted by Crippen LogP contribution is 2.25. The fourth-order valence-electron chi connectivity index (χ4n) is 4.03. The van der Waals surface area contributed by atoms with Gasteiger partial charge in [-0.15, -0.1) is 0 Å². The molecule has 0 saturated carbocycles. The minimum atomic E-state index is 0.118. The van der Waals surface area contributed by atoms with Crippen LogP contribution in [0.5, 0.6) is 0 Å². The maximum absolute atomic E-state index is 13.3. The standard InChI is InChI=1S/C24H28N4O/c1-4-26-17-21(20-7-9-25-10-8-20)16-23(26)24(29)28-13-11-27(12-14-28)22-15-18(2)5-6-19(22)3/h5-10,15-17H,4,11-14H2,1-3H3. The second-order valence-electron chi connectivity index (χ2n) is 7.71. The molecule has 150 valence electrons. The Labute approximate surface area is 172 Å². The first kappa shape index (κ1) is 19.2. The Morgan fingerprint density at radius 1 is 0.966 bits per heavy atom. The van der Waals surface area contributed by atoms with E-state index in [1.807, 2.05) is 23.1 Å². The lowest BCUT2D eigenvalue weighted by Crippen LogP contribution is -2.49. The topological polar surface area (TPSA) is 41.4 Å². The van der Waals surface area contributed by atoms with Crippen molar-refractivity contribution in [2.75, 3.05) is 31.1 Å². The summed E-state index contributed by atoms with van der Waals surface area (Å²) in [6.07, 6.45) is 5.63. The van der Waals surface area contributed by atoms with Crippen LogP contribution in [0.4, 0.5) is 5.69 Å². The molecule has 0 N–H and O–H groups in total. The van der Waals surface area contributed by atoms with Crippen molar-refractivity contribution in [3.05, 3.63) is 71.8 Å². The van der Waals surface area contributed by atoms with Crippen molar-refractivity contribution in [1.29, 1.82) is 0 Å². The molecule has 0 spiro atoms. The highest BCUT2D eigenvalue weighted by molar-refractivity contribution is 5.94. The van der Waals surface area contributed by atoms with Gasteiger partial charge >= 0.3 is 0 Å². The first-order valence-electron chi connectivity index (χ1n) is 10.3. The zero-order chi connectivity index (χ0) is 20.4. The van der Waals surface area contributed by atoms with Gasteiger partial charge in [-0.1, -0.05) is 12.1 Å². The molecule has 3 heterocycles.